The first-order valence-corrected chi connectivity index (χ1v) is 15.8. The number of benzene rings is 2. The number of ether oxygens (including phenoxy) is 1. The number of fused-ring (bicyclic) bond motifs is 1. The molecule has 232 valence electrons. The molecular formula is C35H44N6O3. The van der Waals surface area contributed by atoms with E-state index in [1.54, 1.807) is 5.06 Å². The third-order valence-corrected chi connectivity index (χ3v) is 8.90. The Morgan fingerprint density at radius 1 is 1.02 bits per heavy atom. The number of aryl methyl sites for hydroxylation is 2. The van der Waals surface area contributed by atoms with E-state index in [4.69, 9.17) is 24.6 Å². The fourth-order valence-electron chi connectivity index (χ4n) is 6.25. The van der Waals surface area contributed by atoms with Gasteiger partial charge in [-0.2, -0.15) is 5.10 Å². The van der Waals surface area contributed by atoms with Crippen molar-refractivity contribution in [1.29, 1.82) is 0 Å². The third-order valence-electron chi connectivity index (χ3n) is 8.90. The normalized spacial score (nSPS) is 17.3. The maximum absolute atomic E-state index is 12.4. The highest BCUT2D eigenvalue weighted by Gasteiger charge is 2.30. The van der Waals surface area contributed by atoms with Crippen molar-refractivity contribution in [2.75, 3.05) is 39.4 Å². The van der Waals surface area contributed by atoms with Gasteiger partial charge in [-0.15, -0.1) is 5.06 Å². The predicted octanol–water partition coefficient (Wildman–Crippen LogP) is 6.06. The Balaban J connectivity index is 1.24. The second kappa shape index (κ2) is 12.4. The molecule has 0 bridgehead atoms. The molecule has 2 fully saturated rings. The Morgan fingerprint density at radius 2 is 1.77 bits per heavy atom. The number of carbonyl (C=O) groups excluding carboxylic acids is 1. The van der Waals surface area contributed by atoms with Gasteiger partial charge in [0.2, 0.25) is 0 Å². The van der Waals surface area contributed by atoms with Crippen LogP contribution in [0.1, 0.15) is 62.2 Å². The van der Waals surface area contributed by atoms with Gasteiger partial charge in [0.25, 0.3) is 0 Å². The van der Waals surface area contributed by atoms with Crippen LogP contribution in [0.3, 0.4) is 0 Å². The molecule has 0 saturated carbocycles. The first-order valence-electron chi connectivity index (χ1n) is 15.8. The molecule has 2 aromatic heterocycles. The average molecular weight is 597 g/mol. The van der Waals surface area contributed by atoms with Crippen molar-refractivity contribution in [3.8, 4) is 22.4 Å². The molecule has 9 nitrogen and oxygen atoms in total. The van der Waals surface area contributed by atoms with Crippen molar-refractivity contribution in [2.24, 2.45) is 5.41 Å². The van der Waals surface area contributed by atoms with Crippen molar-refractivity contribution in [3.63, 3.8) is 0 Å². The summed E-state index contributed by atoms with van der Waals surface area (Å²) in [6, 6.07) is 13.2. The molecule has 0 aliphatic carbocycles. The van der Waals surface area contributed by atoms with Crippen LogP contribution in [0.5, 0.6) is 0 Å². The zero-order valence-corrected chi connectivity index (χ0v) is 26.9. The molecule has 2 aliphatic rings. The number of para-hydroxylation sites is 1. The zero-order valence-electron chi connectivity index (χ0n) is 26.9. The fourth-order valence-corrected chi connectivity index (χ4v) is 6.25. The number of hydrogen-bond acceptors (Lipinski definition) is 8. The quantitative estimate of drug-likeness (QED) is 0.266. The maximum atomic E-state index is 12.4. The third kappa shape index (κ3) is 6.27. The van der Waals surface area contributed by atoms with Gasteiger partial charge in [-0.3, -0.25) is 14.6 Å². The molecule has 44 heavy (non-hydrogen) atoms. The number of morpholine rings is 1. The summed E-state index contributed by atoms with van der Waals surface area (Å²) in [5.41, 5.74) is 10.0. The number of carbonyl (C=O) groups is 1. The summed E-state index contributed by atoms with van der Waals surface area (Å²) in [6.07, 6.45) is 3.58. The number of rotatable bonds is 6. The minimum absolute atomic E-state index is 0.197. The Bertz CT molecular complexity index is 1660. The minimum Gasteiger partial charge on any atom is -0.379 e. The van der Waals surface area contributed by atoms with Crippen LogP contribution in [0.4, 0.5) is 0 Å². The summed E-state index contributed by atoms with van der Waals surface area (Å²) in [6.45, 7) is 17.9. The molecule has 6 rings (SSSR count). The Hall–Kier alpha value is -3.66. The van der Waals surface area contributed by atoms with Crippen molar-refractivity contribution < 1.29 is 14.4 Å². The highest BCUT2D eigenvalue weighted by Crippen LogP contribution is 2.34. The molecule has 0 N–H and O–H groups in total. The smallest absolute Gasteiger partial charge is 0.330 e. The fraction of sp³-hybridized carbons (Fsp3) is 0.486. The van der Waals surface area contributed by atoms with Crippen molar-refractivity contribution >= 4 is 17.0 Å². The van der Waals surface area contributed by atoms with Gasteiger partial charge in [0.05, 0.1) is 53.3 Å². The van der Waals surface area contributed by atoms with Gasteiger partial charge < -0.3 is 9.57 Å². The van der Waals surface area contributed by atoms with Gasteiger partial charge in [-0.05, 0) is 77.1 Å². The summed E-state index contributed by atoms with van der Waals surface area (Å²) >= 11 is 0. The van der Waals surface area contributed by atoms with Crippen molar-refractivity contribution in [3.05, 3.63) is 65.1 Å². The van der Waals surface area contributed by atoms with E-state index in [0.29, 0.717) is 13.1 Å². The first kappa shape index (κ1) is 30.4. The lowest BCUT2D eigenvalue weighted by Crippen LogP contribution is -2.39. The first-order chi connectivity index (χ1) is 21.1. The second-order valence-electron chi connectivity index (χ2n) is 13.2. The topological polar surface area (TPSA) is 85.6 Å². The number of hydroxylamine groups is 2. The summed E-state index contributed by atoms with van der Waals surface area (Å²) < 4.78 is 7.66. The highest BCUT2D eigenvalue weighted by molar-refractivity contribution is 5.92. The minimum atomic E-state index is -0.520. The van der Waals surface area contributed by atoms with Crippen LogP contribution in [-0.4, -0.2) is 75.1 Å². The lowest BCUT2D eigenvalue weighted by atomic mass is 9.98. The van der Waals surface area contributed by atoms with Crippen LogP contribution in [0.15, 0.2) is 42.6 Å². The SMILES string of the molecule is Cc1cc(-c2cccc3ncc(-c4c(C)nn(C5CCN(OC(=O)C(C)(C)C)CC5)c4C)nc23)ccc1CN1CCOCC1. The van der Waals surface area contributed by atoms with E-state index < -0.39 is 5.41 Å². The number of piperidine rings is 1. The Kier molecular flexibility index (Phi) is 8.55. The van der Waals surface area contributed by atoms with Crippen molar-refractivity contribution in [1.82, 2.24) is 29.7 Å². The summed E-state index contributed by atoms with van der Waals surface area (Å²) in [7, 11) is 0. The van der Waals surface area contributed by atoms with Gasteiger partial charge in [0.1, 0.15) is 0 Å². The summed E-state index contributed by atoms with van der Waals surface area (Å²) in [4.78, 5) is 30.5. The van der Waals surface area contributed by atoms with E-state index in [2.05, 4.69) is 53.8 Å². The van der Waals surface area contributed by atoms with Crippen LogP contribution in [0.25, 0.3) is 33.4 Å². The van der Waals surface area contributed by atoms with Gasteiger partial charge >= 0.3 is 5.97 Å². The van der Waals surface area contributed by atoms with Crippen LogP contribution in [-0.2, 0) is 20.9 Å². The largest absolute Gasteiger partial charge is 0.379 e. The monoisotopic (exact) mass is 596 g/mol. The van der Waals surface area contributed by atoms with Gasteiger partial charge in [-0.1, -0.05) is 30.3 Å². The molecule has 4 aromatic rings. The van der Waals surface area contributed by atoms with Crippen molar-refractivity contribution in [2.45, 2.75) is 67.0 Å². The van der Waals surface area contributed by atoms with E-state index >= 15 is 0 Å². The zero-order chi connectivity index (χ0) is 31.0. The lowest BCUT2D eigenvalue weighted by Gasteiger charge is -2.32. The van der Waals surface area contributed by atoms with Gasteiger partial charge in [0.15, 0.2) is 0 Å². The van der Waals surface area contributed by atoms with E-state index in [9.17, 15) is 4.79 Å². The number of nitrogens with zero attached hydrogens (tertiary/aromatic N) is 6. The van der Waals surface area contributed by atoms with Gasteiger partial charge in [0, 0.05) is 49.5 Å². The average Bonchev–Trinajstić information content (AvgIpc) is 3.31. The van der Waals surface area contributed by atoms with Crippen LogP contribution in [0.2, 0.25) is 0 Å². The number of hydrogen-bond donors (Lipinski definition) is 0. The molecule has 0 unspecified atom stereocenters. The van der Waals surface area contributed by atoms with Gasteiger partial charge in [-0.25, -0.2) is 9.78 Å². The molecule has 0 amide bonds. The molecule has 2 aromatic carbocycles. The molecular weight excluding hydrogens is 552 g/mol. The standard InChI is InChI=1S/C35H44N6O3/c1-23-20-26(10-11-27(23)22-39-16-18-43-19-17-39)29-8-7-9-30-33(29)37-31(21-36-30)32-24(2)38-41(25(32)3)28-12-14-40(15-13-28)44-34(42)35(4,5)6/h7-11,20-21,28H,12-19,22H2,1-6H3. The molecule has 0 spiro atoms. The van der Waals surface area contributed by atoms with E-state index in [-0.39, 0.29) is 12.0 Å². The molecule has 2 saturated heterocycles. The lowest BCUT2D eigenvalue weighted by molar-refractivity contribution is -0.205. The van der Waals surface area contributed by atoms with E-state index in [1.165, 1.54) is 11.1 Å². The predicted molar refractivity (Wildman–Crippen MR) is 172 cm³/mol. The van der Waals surface area contributed by atoms with Crippen LogP contribution >= 0.6 is 0 Å². The molecule has 2 aliphatic heterocycles. The Morgan fingerprint density at radius 3 is 2.48 bits per heavy atom. The maximum Gasteiger partial charge on any atom is 0.330 e. The van der Waals surface area contributed by atoms with E-state index in [0.717, 1.165) is 90.5 Å². The summed E-state index contributed by atoms with van der Waals surface area (Å²) in [5, 5.41) is 6.77. The highest BCUT2D eigenvalue weighted by atomic mass is 16.7. The Labute approximate surface area is 260 Å². The summed E-state index contributed by atoms with van der Waals surface area (Å²) in [5.74, 6) is -0.197. The van der Waals surface area contributed by atoms with Crippen LogP contribution < -0.4 is 0 Å². The molecule has 0 radical (unpaired) electrons. The molecule has 0 atom stereocenters. The molecule has 9 heteroatoms. The number of aromatic nitrogens is 4. The second-order valence-corrected chi connectivity index (χ2v) is 13.2. The molecule has 4 heterocycles. The van der Waals surface area contributed by atoms with E-state index in [1.807, 2.05) is 40.0 Å². The van der Waals surface area contributed by atoms with Crippen LogP contribution in [0, 0.1) is 26.2 Å².